The van der Waals surface area contributed by atoms with Crippen molar-refractivity contribution in [3.05, 3.63) is 59.3 Å². The summed E-state index contributed by atoms with van der Waals surface area (Å²) < 4.78 is 17.2. The molecule has 1 atom stereocenters. The van der Waals surface area contributed by atoms with Crippen LogP contribution in [-0.2, 0) is 4.74 Å². The second-order valence-electron chi connectivity index (χ2n) is 8.14. The van der Waals surface area contributed by atoms with Gasteiger partial charge in [0.2, 0.25) is 0 Å². The van der Waals surface area contributed by atoms with E-state index in [0.29, 0.717) is 10.1 Å². The fourth-order valence-corrected chi connectivity index (χ4v) is 4.66. The zero-order valence-corrected chi connectivity index (χ0v) is 20.6. The molecule has 2 aromatic carbocycles. The van der Waals surface area contributed by atoms with Crippen LogP contribution >= 0.6 is 23.8 Å². The minimum Gasteiger partial charge on any atom is -0.493 e. The summed E-state index contributed by atoms with van der Waals surface area (Å²) >= 11 is 12.0. The van der Waals surface area contributed by atoms with Gasteiger partial charge in [0, 0.05) is 42.3 Å². The van der Waals surface area contributed by atoms with Gasteiger partial charge in [-0.05, 0) is 55.9 Å². The summed E-state index contributed by atoms with van der Waals surface area (Å²) in [5.74, 6) is 1.57. The fourth-order valence-electron chi connectivity index (χ4n) is 4.10. The molecule has 1 saturated heterocycles. The van der Waals surface area contributed by atoms with Crippen LogP contribution in [-0.4, -0.2) is 61.4 Å². The molecule has 0 bridgehead atoms. The van der Waals surface area contributed by atoms with Crippen molar-refractivity contribution >= 4 is 45.6 Å². The lowest BCUT2D eigenvalue weighted by molar-refractivity contribution is 0.0365. The van der Waals surface area contributed by atoms with Gasteiger partial charge >= 0.3 is 0 Å². The molecule has 8 heteroatoms. The molecule has 0 spiro atoms. The van der Waals surface area contributed by atoms with Gasteiger partial charge in [-0.25, -0.2) is 0 Å². The van der Waals surface area contributed by atoms with Gasteiger partial charge in [-0.1, -0.05) is 29.8 Å². The zero-order chi connectivity index (χ0) is 23.2. The Kier molecular flexibility index (Phi) is 8.09. The highest BCUT2D eigenvalue weighted by atomic mass is 35.5. The summed E-state index contributed by atoms with van der Waals surface area (Å²) in [5, 5.41) is 5.67. The van der Waals surface area contributed by atoms with Gasteiger partial charge in [0.15, 0.2) is 16.4 Å². The molecule has 1 fully saturated rings. The molecule has 0 saturated carbocycles. The van der Waals surface area contributed by atoms with Crippen molar-refractivity contribution in [2.75, 3.05) is 51.8 Å². The molecular weight excluding hydrogens is 458 g/mol. The van der Waals surface area contributed by atoms with E-state index in [1.54, 1.807) is 7.11 Å². The quantitative estimate of drug-likeness (QED) is 0.416. The normalized spacial score (nSPS) is 15.4. The second-order valence-corrected chi connectivity index (χ2v) is 8.97. The van der Waals surface area contributed by atoms with E-state index in [-0.39, 0.29) is 6.04 Å². The number of ether oxygens (including phenoxy) is 2. The second kappa shape index (κ2) is 11.2. The van der Waals surface area contributed by atoms with Crippen molar-refractivity contribution in [3.8, 4) is 5.75 Å². The number of anilines is 1. The van der Waals surface area contributed by atoms with Crippen LogP contribution in [0.15, 0.2) is 52.9 Å². The number of benzene rings is 2. The van der Waals surface area contributed by atoms with Gasteiger partial charge in [-0.15, -0.1) is 0 Å². The highest BCUT2D eigenvalue weighted by molar-refractivity contribution is 7.80. The third kappa shape index (κ3) is 5.98. The van der Waals surface area contributed by atoms with Gasteiger partial charge in [0.1, 0.15) is 5.76 Å². The molecule has 1 aliphatic heterocycles. The maximum atomic E-state index is 6.25. The van der Waals surface area contributed by atoms with Gasteiger partial charge in [0.25, 0.3) is 0 Å². The molecule has 2 heterocycles. The number of halogens is 1. The van der Waals surface area contributed by atoms with Gasteiger partial charge < -0.3 is 24.1 Å². The number of rotatable bonds is 8. The summed E-state index contributed by atoms with van der Waals surface area (Å²) in [7, 11) is 1.66. The zero-order valence-electron chi connectivity index (χ0n) is 19.1. The number of furan rings is 1. The molecule has 0 unspecified atom stereocenters. The molecule has 0 amide bonds. The van der Waals surface area contributed by atoms with Crippen LogP contribution in [0.3, 0.4) is 0 Å². The number of fused-ring (bicyclic) bond motifs is 1. The number of thiocarbonyl (C=S) groups is 1. The first-order valence-electron chi connectivity index (χ1n) is 11.2. The molecule has 176 valence electrons. The van der Waals surface area contributed by atoms with Crippen molar-refractivity contribution in [1.82, 2.24) is 9.80 Å². The Balaban J connectivity index is 1.53. The first-order chi connectivity index (χ1) is 16.0. The van der Waals surface area contributed by atoms with E-state index in [1.807, 2.05) is 42.5 Å². The number of hydrogen-bond acceptors (Lipinski definition) is 5. The smallest absolute Gasteiger partial charge is 0.176 e. The Bertz CT molecular complexity index is 1080. The van der Waals surface area contributed by atoms with Crippen LogP contribution in [0, 0.1) is 0 Å². The van der Waals surface area contributed by atoms with E-state index >= 15 is 0 Å². The first-order valence-corrected chi connectivity index (χ1v) is 12.0. The topological polar surface area (TPSA) is 50.1 Å². The van der Waals surface area contributed by atoms with Crippen LogP contribution in [0.4, 0.5) is 5.69 Å². The number of para-hydroxylation sites is 1. The van der Waals surface area contributed by atoms with Crippen molar-refractivity contribution in [1.29, 1.82) is 0 Å². The van der Waals surface area contributed by atoms with E-state index in [9.17, 15) is 0 Å². The predicted octanol–water partition coefficient (Wildman–Crippen LogP) is 5.58. The Morgan fingerprint density at radius 1 is 1.21 bits per heavy atom. The molecular formula is C25H30ClN3O3S. The molecule has 1 N–H and O–H groups in total. The van der Waals surface area contributed by atoms with E-state index < -0.39 is 0 Å². The van der Waals surface area contributed by atoms with Crippen LogP contribution in [0.5, 0.6) is 5.75 Å². The minimum absolute atomic E-state index is 0.0639. The monoisotopic (exact) mass is 487 g/mol. The van der Waals surface area contributed by atoms with Crippen molar-refractivity contribution in [3.63, 3.8) is 0 Å². The van der Waals surface area contributed by atoms with Gasteiger partial charge in [0.05, 0.1) is 26.4 Å². The molecule has 0 aliphatic carbocycles. The number of hydrogen-bond donors (Lipinski definition) is 1. The molecule has 0 radical (unpaired) electrons. The Morgan fingerprint density at radius 3 is 2.76 bits per heavy atom. The number of nitrogens with one attached hydrogen (secondary N) is 1. The molecule has 1 aromatic heterocycles. The van der Waals surface area contributed by atoms with Crippen molar-refractivity contribution in [2.24, 2.45) is 0 Å². The third-order valence-corrected chi connectivity index (χ3v) is 6.51. The Hall–Kier alpha value is -2.32. The van der Waals surface area contributed by atoms with Crippen LogP contribution in [0.1, 0.15) is 25.1 Å². The summed E-state index contributed by atoms with van der Waals surface area (Å²) in [6.45, 7) is 7.46. The molecule has 6 nitrogen and oxygen atoms in total. The third-order valence-electron chi connectivity index (χ3n) is 5.94. The van der Waals surface area contributed by atoms with Crippen LogP contribution in [0.2, 0.25) is 5.02 Å². The maximum absolute atomic E-state index is 6.25. The summed E-state index contributed by atoms with van der Waals surface area (Å²) in [4.78, 5) is 4.62. The van der Waals surface area contributed by atoms with Crippen LogP contribution in [0.25, 0.3) is 11.0 Å². The molecule has 1 aliphatic rings. The lowest BCUT2D eigenvalue weighted by atomic mass is 10.2. The fraction of sp³-hybridized carbons (Fsp3) is 0.400. The van der Waals surface area contributed by atoms with E-state index in [0.717, 1.165) is 74.0 Å². The molecule has 4 rings (SSSR count). The summed E-state index contributed by atoms with van der Waals surface area (Å²) in [6.07, 6.45) is 0.977. The van der Waals surface area contributed by atoms with E-state index in [4.69, 9.17) is 37.7 Å². The van der Waals surface area contributed by atoms with Crippen LogP contribution < -0.4 is 10.1 Å². The lowest BCUT2D eigenvalue weighted by Gasteiger charge is -2.32. The Morgan fingerprint density at radius 2 is 2.00 bits per heavy atom. The van der Waals surface area contributed by atoms with Gasteiger partial charge in [-0.2, -0.15) is 0 Å². The largest absolute Gasteiger partial charge is 0.493 e. The Labute approximate surface area is 205 Å². The number of methoxy groups -OCH3 is 1. The molecule has 33 heavy (non-hydrogen) atoms. The lowest BCUT2D eigenvalue weighted by Crippen LogP contribution is -2.41. The minimum atomic E-state index is -0.0639. The highest BCUT2D eigenvalue weighted by Gasteiger charge is 2.23. The average Bonchev–Trinajstić information content (AvgIpc) is 3.27. The van der Waals surface area contributed by atoms with E-state index in [1.165, 1.54) is 0 Å². The van der Waals surface area contributed by atoms with Crippen molar-refractivity contribution < 1.29 is 13.9 Å². The van der Waals surface area contributed by atoms with Crippen molar-refractivity contribution in [2.45, 2.75) is 19.4 Å². The predicted molar refractivity (Wildman–Crippen MR) is 137 cm³/mol. The SMILES string of the molecule is COc1cccc2cc([C@H](C)N(CCCN3CCOCC3)C(=S)Nc3cccc(Cl)c3)oc12. The number of nitrogens with zero attached hydrogens (tertiary/aromatic N) is 2. The standard InChI is InChI=1S/C25H30ClN3O3S/c1-18(23-16-19-6-3-9-22(30-2)24(19)32-23)29(11-5-10-28-12-14-31-15-13-28)25(33)27-21-8-4-7-20(26)17-21/h3-4,6-9,16-18H,5,10-15H2,1-2H3,(H,27,33)/t18-/m0/s1. The van der Waals surface area contributed by atoms with E-state index in [2.05, 4.69) is 28.1 Å². The molecule has 3 aromatic rings. The first kappa shape index (κ1) is 23.8. The number of morpholine rings is 1. The highest BCUT2D eigenvalue weighted by Crippen LogP contribution is 2.33. The van der Waals surface area contributed by atoms with Gasteiger partial charge in [-0.3, -0.25) is 4.90 Å². The summed E-state index contributed by atoms with van der Waals surface area (Å²) in [6, 6.07) is 15.5. The maximum Gasteiger partial charge on any atom is 0.176 e. The average molecular weight is 488 g/mol. The summed E-state index contributed by atoms with van der Waals surface area (Å²) in [5.41, 5.74) is 1.62.